The molecular weight excluding hydrogens is 202 g/mol. The molecule has 0 aromatic carbocycles. The van der Waals surface area contributed by atoms with E-state index >= 15 is 0 Å². The summed E-state index contributed by atoms with van der Waals surface area (Å²) >= 11 is 0. The van der Waals surface area contributed by atoms with E-state index in [0.717, 1.165) is 32.0 Å². The Morgan fingerprint density at radius 3 is 2.94 bits per heavy atom. The third-order valence-electron chi connectivity index (χ3n) is 3.87. The Hall–Kier alpha value is -0.410. The summed E-state index contributed by atoms with van der Waals surface area (Å²) in [5.41, 5.74) is 0. The van der Waals surface area contributed by atoms with Gasteiger partial charge < -0.3 is 4.74 Å². The summed E-state index contributed by atoms with van der Waals surface area (Å²) in [5.74, 6) is 1.41. The number of ketones is 1. The Labute approximate surface area is 98.1 Å². The number of rotatable bonds is 3. The number of Topliss-reactive ketones (excluding diaryl/α,β-unsaturated/α-hetero) is 1. The molecule has 16 heavy (non-hydrogen) atoms. The highest BCUT2D eigenvalue weighted by Gasteiger charge is 2.25. The van der Waals surface area contributed by atoms with Crippen molar-refractivity contribution in [1.82, 2.24) is 4.90 Å². The molecule has 0 aliphatic carbocycles. The van der Waals surface area contributed by atoms with Crippen LogP contribution < -0.4 is 0 Å². The summed E-state index contributed by atoms with van der Waals surface area (Å²) in [6.07, 6.45) is 4.74. The summed E-state index contributed by atoms with van der Waals surface area (Å²) < 4.78 is 5.27. The number of hydrogen-bond acceptors (Lipinski definition) is 3. The molecule has 2 fully saturated rings. The lowest BCUT2D eigenvalue weighted by atomic mass is 10.0. The summed E-state index contributed by atoms with van der Waals surface area (Å²) in [7, 11) is 0. The second kappa shape index (κ2) is 5.78. The zero-order valence-corrected chi connectivity index (χ0v) is 10.3. The van der Waals surface area contributed by atoms with Gasteiger partial charge in [-0.1, -0.05) is 6.92 Å². The molecule has 2 aliphatic heterocycles. The maximum Gasteiger partial charge on any atom is 0.152 e. The third kappa shape index (κ3) is 3.29. The van der Waals surface area contributed by atoms with Crippen molar-refractivity contribution < 1.29 is 9.53 Å². The molecule has 2 rings (SSSR count). The number of nitrogens with zero attached hydrogens (tertiary/aromatic N) is 1. The van der Waals surface area contributed by atoms with Crippen LogP contribution in [-0.4, -0.2) is 43.5 Å². The van der Waals surface area contributed by atoms with Gasteiger partial charge in [-0.25, -0.2) is 0 Å². The standard InChI is InChI=1S/C13H23NO2/c1-11-3-2-6-14(7-4-11)9-13(15)12-5-8-16-10-12/h11-12H,2-10H2,1H3. The highest BCUT2D eigenvalue weighted by atomic mass is 16.5. The van der Waals surface area contributed by atoms with E-state index in [-0.39, 0.29) is 5.92 Å². The molecule has 0 spiro atoms. The highest BCUT2D eigenvalue weighted by Crippen LogP contribution is 2.18. The summed E-state index contributed by atoms with van der Waals surface area (Å²) in [6, 6.07) is 0. The predicted molar refractivity (Wildman–Crippen MR) is 63.4 cm³/mol. The van der Waals surface area contributed by atoms with Gasteiger partial charge in [0.1, 0.15) is 0 Å². The Kier molecular flexibility index (Phi) is 4.36. The Morgan fingerprint density at radius 1 is 1.31 bits per heavy atom. The number of likely N-dealkylation sites (tertiary alicyclic amines) is 1. The van der Waals surface area contributed by atoms with Gasteiger partial charge in [0.15, 0.2) is 5.78 Å². The first kappa shape index (κ1) is 12.1. The molecule has 92 valence electrons. The van der Waals surface area contributed by atoms with Crippen molar-refractivity contribution >= 4 is 5.78 Å². The van der Waals surface area contributed by atoms with Gasteiger partial charge >= 0.3 is 0 Å². The minimum Gasteiger partial charge on any atom is -0.381 e. The van der Waals surface area contributed by atoms with Crippen molar-refractivity contribution in [3.63, 3.8) is 0 Å². The second-order valence-electron chi connectivity index (χ2n) is 5.34. The Morgan fingerprint density at radius 2 is 2.19 bits per heavy atom. The smallest absolute Gasteiger partial charge is 0.152 e. The summed E-state index contributed by atoms with van der Waals surface area (Å²) in [6.45, 7) is 6.59. The van der Waals surface area contributed by atoms with Gasteiger partial charge in [-0.15, -0.1) is 0 Å². The quantitative estimate of drug-likeness (QED) is 0.732. The minimum atomic E-state index is 0.181. The molecule has 2 saturated heterocycles. The van der Waals surface area contributed by atoms with E-state index in [1.165, 1.54) is 19.3 Å². The van der Waals surface area contributed by atoms with E-state index in [0.29, 0.717) is 18.9 Å². The lowest BCUT2D eigenvalue weighted by molar-refractivity contribution is -0.124. The van der Waals surface area contributed by atoms with Crippen LogP contribution in [0, 0.1) is 11.8 Å². The van der Waals surface area contributed by atoms with E-state index in [2.05, 4.69) is 11.8 Å². The van der Waals surface area contributed by atoms with Crippen LogP contribution in [0.2, 0.25) is 0 Å². The van der Waals surface area contributed by atoms with Crippen LogP contribution in [0.4, 0.5) is 0 Å². The topological polar surface area (TPSA) is 29.5 Å². The largest absolute Gasteiger partial charge is 0.381 e. The van der Waals surface area contributed by atoms with Crippen LogP contribution in [0.15, 0.2) is 0 Å². The monoisotopic (exact) mass is 225 g/mol. The zero-order chi connectivity index (χ0) is 11.4. The van der Waals surface area contributed by atoms with Gasteiger partial charge in [-0.05, 0) is 44.7 Å². The van der Waals surface area contributed by atoms with Gasteiger partial charge in [-0.3, -0.25) is 9.69 Å². The van der Waals surface area contributed by atoms with Crippen LogP contribution in [0.1, 0.15) is 32.6 Å². The van der Waals surface area contributed by atoms with Gasteiger partial charge in [0.05, 0.1) is 13.2 Å². The van der Waals surface area contributed by atoms with Crippen molar-refractivity contribution in [2.75, 3.05) is 32.8 Å². The van der Waals surface area contributed by atoms with Crippen molar-refractivity contribution in [3.8, 4) is 0 Å². The van der Waals surface area contributed by atoms with Crippen LogP contribution in [0.5, 0.6) is 0 Å². The molecule has 0 saturated carbocycles. The fourth-order valence-electron chi connectivity index (χ4n) is 2.62. The summed E-state index contributed by atoms with van der Waals surface area (Å²) in [5, 5.41) is 0. The van der Waals surface area contributed by atoms with Crippen molar-refractivity contribution in [2.24, 2.45) is 11.8 Å². The van der Waals surface area contributed by atoms with Gasteiger partial charge in [0.2, 0.25) is 0 Å². The summed E-state index contributed by atoms with van der Waals surface area (Å²) in [4.78, 5) is 14.3. The number of carbonyl (C=O) groups is 1. The molecule has 2 unspecified atom stereocenters. The molecule has 0 N–H and O–H groups in total. The molecule has 2 aliphatic rings. The van der Waals surface area contributed by atoms with Crippen LogP contribution >= 0.6 is 0 Å². The van der Waals surface area contributed by atoms with E-state index in [1.807, 2.05) is 0 Å². The van der Waals surface area contributed by atoms with Gasteiger partial charge in [0.25, 0.3) is 0 Å². The van der Waals surface area contributed by atoms with E-state index in [4.69, 9.17) is 4.74 Å². The first-order valence-corrected chi connectivity index (χ1v) is 6.58. The van der Waals surface area contributed by atoms with Gasteiger partial charge in [-0.2, -0.15) is 0 Å². The lowest BCUT2D eigenvalue weighted by Crippen LogP contribution is -2.34. The Balaban J connectivity index is 1.77. The molecular formula is C13H23NO2. The van der Waals surface area contributed by atoms with Crippen molar-refractivity contribution in [1.29, 1.82) is 0 Å². The number of carbonyl (C=O) groups excluding carboxylic acids is 1. The molecule has 0 aromatic rings. The van der Waals surface area contributed by atoms with Gasteiger partial charge in [0, 0.05) is 12.5 Å². The maximum absolute atomic E-state index is 12.0. The van der Waals surface area contributed by atoms with Crippen LogP contribution in [0.3, 0.4) is 0 Å². The molecule has 2 heterocycles. The molecule has 3 heteroatoms. The fourth-order valence-corrected chi connectivity index (χ4v) is 2.62. The molecule has 0 aromatic heterocycles. The highest BCUT2D eigenvalue weighted by molar-refractivity contribution is 5.83. The average Bonchev–Trinajstić information content (AvgIpc) is 2.72. The Bertz CT molecular complexity index is 236. The van der Waals surface area contributed by atoms with Crippen LogP contribution in [0.25, 0.3) is 0 Å². The van der Waals surface area contributed by atoms with Crippen molar-refractivity contribution in [3.05, 3.63) is 0 Å². The van der Waals surface area contributed by atoms with E-state index in [1.54, 1.807) is 0 Å². The first-order chi connectivity index (χ1) is 7.75. The van der Waals surface area contributed by atoms with E-state index in [9.17, 15) is 4.79 Å². The number of ether oxygens (including phenoxy) is 1. The molecule has 3 nitrogen and oxygen atoms in total. The average molecular weight is 225 g/mol. The molecule has 0 bridgehead atoms. The maximum atomic E-state index is 12.0. The lowest BCUT2D eigenvalue weighted by Gasteiger charge is -2.20. The normalized spacial score (nSPS) is 32.6. The zero-order valence-electron chi connectivity index (χ0n) is 10.3. The number of hydrogen-bond donors (Lipinski definition) is 0. The second-order valence-corrected chi connectivity index (χ2v) is 5.34. The fraction of sp³-hybridized carbons (Fsp3) is 0.923. The molecule has 0 radical (unpaired) electrons. The van der Waals surface area contributed by atoms with Crippen LogP contribution in [-0.2, 0) is 9.53 Å². The SMILES string of the molecule is CC1CCCN(CC(=O)C2CCOC2)CC1. The van der Waals surface area contributed by atoms with Crippen molar-refractivity contribution in [2.45, 2.75) is 32.6 Å². The third-order valence-corrected chi connectivity index (χ3v) is 3.87. The predicted octanol–water partition coefficient (Wildman–Crippen LogP) is 1.71. The minimum absolute atomic E-state index is 0.181. The molecule has 0 amide bonds. The first-order valence-electron chi connectivity index (χ1n) is 6.58. The molecule has 2 atom stereocenters. The van der Waals surface area contributed by atoms with E-state index < -0.39 is 0 Å².